The van der Waals surface area contributed by atoms with Gasteiger partial charge >= 0.3 is 0 Å². The molecule has 2 N–H and O–H groups in total. The first-order valence-electron chi connectivity index (χ1n) is 6.10. The number of nitrogens with two attached hydrogens (primary N) is 1. The minimum atomic E-state index is -0.653. The summed E-state index contributed by atoms with van der Waals surface area (Å²) in [6, 6.07) is 18.4. The third-order valence-corrected chi connectivity index (χ3v) is 2.64. The van der Waals surface area contributed by atoms with Gasteiger partial charge in [0.25, 0.3) is 5.91 Å². The zero-order chi connectivity index (χ0) is 14.4. The summed E-state index contributed by atoms with van der Waals surface area (Å²) >= 11 is 0. The molecule has 0 aliphatic heterocycles. The second-order valence-corrected chi connectivity index (χ2v) is 4.08. The van der Waals surface area contributed by atoms with Gasteiger partial charge in [0.05, 0.1) is 0 Å². The Morgan fingerprint density at radius 2 is 1.25 bits per heavy atom. The summed E-state index contributed by atoms with van der Waals surface area (Å²) in [4.78, 5) is 24.6. The minimum absolute atomic E-state index is 0.332. The van der Waals surface area contributed by atoms with Crippen LogP contribution in [0.1, 0.15) is 0 Å². The zero-order valence-electron chi connectivity index (χ0n) is 10.8. The number of para-hydroxylation sites is 2. The molecule has 0 saturated heterocycles. The van der Waals surface area contributed by atoms with E-state index in [1.807, 2.05) is 60.7 Å². The average Bonchev–Trinajstić information content (AvgIpc) is 2.48. The van der Waals surface area contributed by atoms with Crippen LogP contribution < -0.4 is 10.6 Å². The van der Waals surface area contributed by atoms with Crippen molar-refractivity contribution in [3.05, 3.63) is 72.8 Å². The fourth-order valence-electron chi connectivity index (χ4n) is 1.79. The van der Waals surface area contributed by atoms with E-state index in [9.17, 15) is 9.59 Å². The van der Waals surface area contributed by atoms with E-state index in [4.69, 9.17) is 5.73 Å². The lowest BCUT2D eigenvalue weighted by atomic mass is 10.2. The lowest BCUT2D eigenvalue weighted by molar-refractivity contribution is -0.115. The molecule has 0 aliphatic carbocycles. The topological polar surface area (TPSA) is 63.4 Å². The quantitative estimate of drug-likeness (QED) is 0.864. The van der Waals surface area contributed by atoms with Crippen molar-refractivity contribution in [2.24, 2.45) is 5.73 Å². The van der Waals surface area contributed by atoms with Crippen LogP contribution in [0.25, 0.3) is 0 Å². The van der Waals surface area contributed by atoms with Gasteiger partial charge in [0.1, 0.15) is 0 Å². The summed E-state index contributed by atoms with van der Waals surface area (Å²) in [6.45, 7) is 0. The van der Waals surface area contributed by atoms with Gasteiger partial charge in [-0.3, -0.25) is 14.5 Å². The Balaban J connectivity index is 2.40. The standard InChI is InChI=1S/C16H14N2O2/c17-15(19)11-12-16(20)18(13-7-3-1-4-8-13)14-9-5-2-6-10-14/h1-12H,(H2,17,19)/b12-11+. The highest BCUT2D eigenvalue weighted by Crippen LogP contribution is 2.25. The lowest BCUT2D eigenvalue weighted by Gasteiger charge is -2.21. The van der Waals surface area contributed by atoms with Gasteiger partial charge in [0.2, 0.25) is 5.91 Å². The number of rotatable bonds is 4. The Morgan fingerprint density at radius 1 is 0.800 bits per heavy atom. The number of benzene rings is 2. The number of primary amides is 1. The molecule has 0 aromatic heterocycles. The Kier molecular flexibility index (Phi) is 4.29. The first kappa shape index (κ1) is 13.5. The van der Waals surface area contributed by atoms with Gasteiger partial charge in [-0.1, -0.05) is 36.4 Å². The van der Waals surface area contributed by atoms with Crippen molar-refractivity contribution >= 4 is 23.2 Å². The number of carbonyl (C=O) groups is 2. The highest BCUT2D eigenvalue weighted by atomic mass is 16.2. The van der Waals surface area contributed by atoms with Crippen molar-refractivity contribution in [1.82, 2.24) is 0 Å². The number of hydrogen-bond acceptors (Lipinski definition) is 2. The molecular weight excluding hydrogens is 252 g/mol. The van der Waals surface area contributed by atoms with Crippen LogP contribution >= 0.6 is 0 Å². The van der Waals surface area contributed by atoms with Crippen molar-refractivity contribution in [2.75, 3.05) is 4.90 Å². The smallest absolute Gasteiger partial charge is 0.255 e. The monoisotopic (exact) mass is 266 g/mol. The summed E-state index contributed by atoms with van der Waals surface area (Å²) in [5, 5.41) is 0. The fraction of sp³-hybridized carbons (Fsp3) is 0. The minimum Gasteiger partial charge on any atom is -0.366 e. The van der Waals surface area contributed by atoms with E-state index in [0.29, 0.717) is 0 Å². The predicted octanol–water partition coefficient (Wildman–Crippen LogP) is 2.39. The summed E-state index contributed by atoms with van der Waals surface area (Å²) in [5.74, 6) is -0.986. The van der Waals surface area contributed by atoms with Gasteiger partial charge in [0, 0.05) is 23.5 Å². The van der Waals surface area contributed by atoms with E-state index in [2.05, 4.69) is 0 Å². The molecule has 4 nitrogen and oxygen atoms in total. The molecule has 0 heterocycles. The van der Waals surface area contributed by atoms with Gasteiger partial charge < -0.3 is 5.73 Å². The fourth-order valence-corrected chi connectivity index (χ4v) is 1.79. The molecule has 0 unspecified atom stereocenters. The molecule has 0 aliphatic rings. The summed E-state index contributed by atoms with van der Waals surface area (Å²) in [7, 11) is 0. The van der Waals surface area contributed by atoms with E-state index in [-0.39, 0.29) is 5.91 Å². The van der Waals surface area contributed by atoms with Crippen LogP contribution in [-0.2, 0) is 9.59 Å². The van der Waals surface area contributed by atoms with Crippen molar-refractivity contribution in [2.45, 2.75) is 0 Å². The van der Waals surface area contributed by atoms with E-state index >= 15 is 0 Å². The van der Waals surface area contributed by atoms with Crippen LogP contribution in [0, 0.1) is 0 Å². The van der Waals surface area contributed by atoms with Gasteiger partial charge in [-0.15, -0.1) is 0 Å². The predicted molar refractivity (Wildman–Crippen MR) is 78.4 cm³/mol. The summed E-state index contributed by atoms with van der Waals surface area (Å²) in [5.41, 5.74) is 6.46. The van der Waals surface area contributed by atoms with Crippen LogP contribution in [0.2, 0.25) is 0 Å². The number of carbonyl (C=O) groups excluding carboxylic acids is 2. The number of nitrogens with zero attached hydrogens (tertiary/aromatic N) is 1. The second kappa shape index (κ2) is 6.33. The van der Waals surface area contributed by atoms with Crippen molar-refractivity contribution in [3.63, 3.8) is 0 Å². The molecule has 2 aromatic rings. The van der Waals surface area contributed by atoms with Crippen LogP contribution in [0.3, 0.4) is 0 Å². The molecule has 100 valence electrons. The number of hydrogen-bond donors (Lipinski definition) is 1. The first-order valence-corrected chi connectivity index (χ1v) is 6.10. The molecular formula is C16H14N2O2. The molecule has 0 bridgehead atoms. The molecule has 0 atom stereocenters. The number of amides is 2. The first-order chi connectivity index (χ1) is 9.68. The highest BCUT2D eigenvalue weighted by molar-refractivity contribution is 6.09. The van der Waals surface area contributed by atoms with Gasteiger partial charge in [-0.25, -0.2) is 0 Å². The van der Waals surface area contributed by atoms with Crippen molar-refractivity contribution < 1.29 is 9.59 Å². The zero-order valence-corrected chi connectivity index (χ0v) is 10.8. The molecule has 2 amide bonds. The molecule has 0 radical (unpaired) electrons. The summed E-state index contributed by atoms with van der Waals surface area (Å²) < 4.78 is 0. The van der Waals surface area contributed by atoms with E-state index < -0.39 is 5.91 Å². The Labute approximate surface area is 117 Å². The Morgan fingerprint density at radius 3 is 1.65 bits per heavy atom. The van der Waals surface area contributed by atoms with Gasteiger partial charge in [-0.2, -0.15) is 0 Å². The molecule has 0 fully saturated rings. The molecule has 20 heavy (non-hydrogen) atoms. The normalized spacial score (nSPS) is 10.4. The van der Waals surface area contributed by atoms with Crippen molar-refractivity contribution in [1.29, 1.82) is 0 Å². The van der Waals surface area contributed by atoms with Crippen LogP contribution in [-0.4, -0.2) is 11.8 Å². The van der Waals surface area contributed by atoms with E-state index in [0.717, 1.165) is 17.5 Å². The SMILES string of the molecule is NC(=O)/C=C/C(=O)N(c1ccccc1)c1ccccc1. The van der Waals surface area contributed by atoms with Crippen LogP contribution in [0.4, 0.5) is 11.4 Å². The highest BCUT2D eigenvalue weighted by Gasteiger charge is 2.15. The number of anilines is 2. The maximum atomic E-state index is 12.3. The molecule has 0 spiro atoms. The Bertz CT molecular complexity index is 582. The maximum Gasteiger partial charge on any atom is 0.255 e. The van der Waals surface area contributed by atoms with Crippen LogP contribution in [0.5, 0.6) is 0 Å². The third-order valence-electron chi connectivity index (χ3n) is 2.64. The van der Waals surface area contributed by atoms with E-state index in [1.165, 1.54) is 11.0 Å². The van der Waals surface area contributed by atoms with Gasteiger partial charge in [0.15, 0.2) is 0 Å². The second-order valence-electron chi connectivity index (χ2n) is 4.08. The van der Waals surface area contributed by atoms with Crippen LogP contribution in [0.15, 0.2) is 72.8 Å². The maximum absolute atomic E-state index is 12.3. The largest absolute Gasteiger partial charge is 0.366 e. The van der Waals surface area contributed by atoms with Gasteiger partial charge in [-0.05, 0) is 24.3 Å². The molecule has 2 rings (SSSR count). The van der Waals surface area contributed by atoms with E-state index in [1.54, 1.807) is 0 Å². The lowest BCUT2D eigenvalue weighted by Crippen LogP contribution is -2.24. The molecule has 2 aromatic carbocycles. The van der Waals surface area contributed by atoms with Crippen molar-refractivity contribution in [3.8, 4) is 0 Å². The molecule has 4 heteroatoms. The molecule has 0 saturated carbocycles. The Hall–Kier alpha value is -2.88. The summed E-state index contributed by atoms with van der Waals surface area (Å²) in [6.07, 6.45) is 2.23. The third kappa shape index (κ3) is 3.32. The average molecular weight is 266 g/mol.